The molecule has 138 valence electrons. The second-order valence-corrected chi connectivity index (χ2v) is 7.77. The summed E-state index contributed by atoms with van der Waals surface area (Å²) >= 11 is 3.48. The zero-order valence-corrected chi connectivity index (χ0v) is 17.2. The average molecular weight is 391 g/mol. The van der Waals surface area contributed by atoms with E-state index in [0.29, 0.717) is 6.61 Å². The van der Waals surface area contributed by atoms with E-state index in [-0.39, 0.29) is 10.8 Å². The summed E-state index contributed by atoms with van der Waals surface area (Å²) < 4.78 is 5.35. The Balaban J connectivity index is 3.35. The molecule has 0 aromatic carbocycles. The number of hydrogen-bond acceptors (Lipinski definition) is 2. The van der Waals surface area contributed by atoms with Crippen LogP contribution in [-0.2, 0) is 9.53 Å². The summed E-state index contributed by atoms with van der Waals surface area (Å²) in [6.07, 6.45) is 18.7. The fourth-order valence-electron chi connectivity index (χ4n) is 2.72. The van der Waals surface area contributed by atoms with Gasteiger partial charge in [0.15, 0.2) is 0 Å². The SMILES string of the molecule is CCCCCCCCCCC(Br)C(=O)OCCCCCCCC. The fraction of sp³-hybridized carbons (Fsp3) is 0.950. The van der Waals surface area contributed by atoms with E-state index in [2.05, 4.69) is 29.8 Å². The second kappa shape index (κ2) is 18.3. The first-order valence-corrected chi connectivity index (χ1v) is 10.9. The van der Waals surface area contributed by atoms with E-state index in [1.54, 1.807) is 0 Å². The normalized spacial score (nSPS) is 12.3. The number of hydrogen-bond donors (Lipinski definition) is 0. The number of carbonyl (C=O) groups is 1. The maximum absolute atomic E-state index is 11.8. The Bertz CT molecular complexity index is 256. The molecule has 0 aromatic heterocycles. The minimum absolute atomic E-state index is 0.0681. The van der Waals surface area contributed by atoms with Gasteiger partial charge in [0.05, 0.1) is 6.61 Å². The van der Waals surface area contributed by atoms with Gasteiger partial charge in [-0.1, -0.05) is 113 Å². The molecule has 0 amide bonds. The molecule has 1 atom stereocenters. The Morgan fingerprint density at radius 3 is 1.70 bits per heavy atom. The maximum Gasteiger partial charge on any atom is 0.319 e. The van der Waals surface area contributed by atoms with Gasteiger partial charge in [0.1, 0.15) is 4.83 Å². The van der Waals surface area contributed by atoms with Crippen molar-refractivity contribution in [2.75, 3.05) is 6.61 Å². The molecule has 3 heteroatoms. The molecule has 0 aliphatic rings. The van der Waals surface area contributed by atoms with Gasteiger partial charge in [0.25, 0.3) is 0 Å². The van der Waals surface area contributed by atoms with Crippen LogP contribution in [-0.4, -0.2) is 17.4 Å². The van der Waals surface area contributed by atoms with Gasteiger partial charge in [0, 0.05) is 0 Å². The van der Waals surface area contributed by atoms with Crippen molar-refractivity contribution in [2.24, 2.45) is 0 Å². The summed E-state index contributed by atoms with van der Waals surface area (Å²) in [6, 6.07) is 0. The van der Waals surface area contributed by atoms with Crippen LogP contribution in [0.2, 0.25) is 0 Å². The summed E-state index contributed by atoms with van der Waals surface area (Å²) in [5.74, 6) is -0.0681. The Labute approximate surface area is 153 Å². The van der Waals surface area contributed by atoms with E-state index in [0.717, 1.165) is 19.3 Å². The molecule has 0 N–H and O–H groups in total. The number of ether oxygens (including phenoxy) is 1. The zero-order chi connectivity index (χ0) is 17.2. The van der Waals surface area contributed by atoms with Crippen LogP contribution in [0.3, 0.4) is 0 Å². The predicted octanol–water partition coefficient (Wildman–Crippen LogP) is 7.18. The molecule has 0 aliphatic heterocycles. The predicted molar refractivity (Wildman–Crippen MR) is 104 cm³/mol. The van der Waals surface area contributed by atoms with E-state index < -0.39 is 0 Å². The Morgan fingerprint density at radius 1 is 0.739 bits per heavy atom. The van der Waals surface area contributed by atoms with Crippen molar-refractivity contribution in [1.29, 1.82) is 0 Å². The van der Waals surface area contributed by atoms with Crippen molar-refractivity contribution in [3.05, 3.63) is 0 Å². The number of unbranched alkanes of at least 4 members (excludes halogenated alkanes) is 12. The van der Waals surface area contributed by atoms with Crippen molar-refractivity contribution < 1.29 is 9.53 Å². The largest absolute Gasteiger partial charge is 0.465 e. The van der Waals surface area contributed by atoms with Gasteiger partial charge in [0.2, 0.25) is 0 Å². The standard InChI is InChI=1S/C20H39BrO2/c1-3-5-7-9-11-12-13-15-17-19(21)20(22)23-18-16-14-10-8-6-4-2/h19H,3-18H2,1-2H3. The van der Waals surface area contributed by atoms with Gasteiger partial charge in [-0.15, -0.1) is 0 Å². The maximum atomic E-state index is 11.8. The van der Waals surface area contributed by atoms with E-state index >= 15 is 0 Å². The number of rotatable bonds is 17. The molecular formula is C20H39BrO2. The molecular weight excluding hydrogens is 352 g/mol. The summed E-state index contributed by atoms with van der Waals surface area (Å²) in [5, 5.41) is 0. The lowest BCUT2D eigenvalue weighted by atomic mass is 10.1. The first kappa shape index (κ1) is 22.9. The van der Waals surface area contributed by atoms with E-state index in [1.165, 1.54) is 77.0 Å². The molecule has 0 bridgehead atoms. The van der Waals surface area contributed by atoms with Crippen molar-refractivity contribution in [3.8, 4) is 0 Å². The third kappa shape index (κ3) is 16.6. The quantitative estimate of drug-likeness (QED) is 0.149. The minimum Gasteiger partial charge on any atom is -0.465 e. The number of halogens is 1. The molecule has 0 saturated carbocycles. The lowest BCUT2D eigenvalue weighted by Crippen LogP contribution is -2.18. The molecule has 0 fully saturated rings. The van der Waals surface area contributed by atoms with Crippen LogP contribution < -0.4 is 0 Å². The van der Waals surface area contributed by atoms with Gasteiger partial charge in [-0.3, -0.25) is 4.79 Å². The van der Waals surface area contributed by atoms with E-state index in [9.17, 15) is 4.79 Å². The molecule has 1 unspecified atom stereocenters. The smallest absolute Gasteiger partial charge is 0.319 e. The van der Waals surface area contributed by atoms with Crippen molar-refractivity contribution in [1.82, 2.24) is 0 Å². The third-order valence-electron chi connectivity index (χ3n) is 4.31. The van der Waals surface area contributed by atoms with Gasteiger partial charge >= 0.3 is 5.97 Å². The van der Waals surface area contributed by atoms with Gasteiger partial charge < -0.3 is 4.74 Å². The first-order chi connectivity index (χ1) is 11.2. The summed E-state index contributed by atoms with van der Waals surface area (Å²) in [7, 11) is 0. The average Bonchev–Trinajstić information content (AvgIpc) is 2.56. The van der Waals surface area contributed by atoms with Crippen LogP contribution in [0.25, 0.3) is 0 Å². The van der Waals surface area contributed by atoms with Gasteiger partial charge in [-0.25, -0.2) is 0 Å². The molecule has 2 nitrogen and oxygen atoms in total. The molecule has 0 aliphatic carbocycles. The molecule has 0 radical (unpaired) electrons. The monoisotopic (exact) mass is 390 g/mol. The van der Waals surface area contributed by atoms with E-state index in [1.807, 2.05) is 0 Å². The Hall–Kier alpha value is -0.0500. The molecule has 0 spiro atoms. The highest BCUT2D eigenvalue weighted by Gasteiger charge is 2.15. The second-order valence-electron chi connectivity index (χ2n) is 6.67. The molecule has 0 saturated heterocycles. The zero-order valence-electron chi connectivity index (χ0n) is 15.6. The van der Waals surface area contributed by atoms with E-state index in [4.69, 9.17) is 4.74 Å². The van der Waals surface area contributed by atoms with Crippen LogP contribution in [0.15, 0.2) is 0 Å². The highest BCUT2D eigenvalue weighted by atomic mass is 79.9. The van der Waals surface area contributed by atoms with Gasteiger partial charge in [-0.05, 0) is 12.8 Å². The summed E-state index contributed by atoms with van der Waals surface area (Å²) in [6.45, 7) is 5.07. The van der Waals surface area contributed by atoms with Crippen LogP contribution in [0.5, 0.6) is 0 Å². The Kier molecular flexibility index (Phi) is 18.3. The number of alkyl halides is 1. The lowest BCUT2D eigenvalue weighted by Gasteiger charge is -2.10. The van der Waals surface area contributed by atoms with Gasteiger partial charge in [-0.2, -0.15) is 0 Å². The molecule has 0 rings (SSSR count). The molecule has 23 heavy (non-hydrogen) atoms. The minimum atomic E-state index is -0.109. The first-order valence-electron chi connectivity index (χ1n) is 10.0. The fourth-order valence-corrected chi connectivity index (χ4v) is 3.18. The summed E-state index contributed by atoms with van der Waals surface area (Å²) in [5.41, 5.74) is 0. The third-order valence-corrected chi connectivity index (χ3v) is 5.14. The van der Waals surface area contributed by atoms with Crippen LogP contribution in [0, 0.1) is 0 Å². The van der Waals surface area contributed by atoms with Crippen LogP contribution in [0.4, 0.5) is 0 Å². The van der Waals surface area contributed by atoms with Crippen molar-refractivity contribution in [2.45, 2.75) is 115 Å². The molecule has 0 aromatic rings. The summed E-state index contributed by atoms with van der Waals surface area (Å²) in [4.78, 5) is 11.7. The lowest BCUT2D eigenvalue weighted by molar-refractivity contribution is -0.143. The highest BCUT2D eigenvalue weighted by Crippen LogP contribution is 2.15. The number of esters is 1. The topological polar surface area (TPSA) is 26.3 Å². The van der Waals surface area contributed by atoms with Crippen molar-refractivity contribution in [3.63, 3.8) is 0 Å². The number of carbonyl (C=O) groups excluding carboxylic acids is 1. The molecule has 0 heterocycles. The van der Waals surface area contributed by atoms with Crippen LogP contribution >= 0.6 is 15.9 Å². The van der Waals surface area contributed by atoms with Crippen LogP contribution in [0.1, 0.15) is 110 Å². The highest BCUT2D eigenvalue weighted by molar-refractivity contribution is 9.10. The van der Waals surface area contributed by atoms with Crippen molar-refractivity contribution >= 4 is 21.9 Å². The Morgan fingerprint density at radius 2 is 1.17 bits per heavy atom.